The second kappa shape index (κ2) is 9.63. The minimum absolute atomic E-state index is 0.557. The molecule has 0 aliphatic carbocycles. The van der Waals surface area contributed by atoms with Gasteiger partial charge in [0, 0.05) is 40.8 Å². The predicted octanol–water partition coefficient (Wildman–Crippen LogP) is 2.29. The maximum absolute atomic E-state index is 9.36. The second-order valence-electron chi connectivity index (χ2n) is 6.73. The van der Waals surface area contributed by atoms with Crippen LogP contribution in [-0.4, -0.2) is 53.0 Å². The Labute approximate surface area is 179 Å². The summed E-state index contributed by atoms with van der Waals surface area (Å²) in [5.41, 5.74) is 8.05. The van der Waals surface area contributed by atoms with Gasteiger partial charge in [-0.05, 0) is 42.8 Å². The van der Waals surface area contributed by atoms with Crippen LogP contribution < -0.4 is 10.6 Å². The van der Waals surface area contributed by atoms with Crippen LogP contribution in [0.2, 0.25) is 0 Å². The lowest BCUT2D eigenvalue weighted by Gasteiger charge is -2.27. The number of benzene rings is 1. The molecule has 0 saturated carbocycles. The average molecular weight is 420 g/mol. The van der Waals surface area contributed by atoms with Crippen LogP contribution in [0.5, 0.6) is 0 Å². The van der Waals surface area contributed by atoms with E-state index in [9.17, 15) is 5.26 Å². The Morgan fingerprint density at radius 2 is 1.93 bits per heavy atom. The van der Waals surface area contributed by atoms with E-state index in [1.54, 1.807) is 24.7 Å². The number of morpholine rings is 1. The van der Waals surface area contributed by atoms with Crippen molar-refractivity contribution in [3.63, 3.8) is 0 Å². The first-order valence-corrected chi connectivity index (χ1v) is 10.5. The van der Waals surface area contributed by atoms with Crippen LogP contribution >= 0.6 is 11.8 Å². The molecule has 8 nitrogen and oxygen atoms in total. The van der Waals surface area contributed by atoms with Crippen molar-refractivity contribution in [3.05, 3.63) is 54.0 Å². The van der Waals surface area contributed by atoms with Crippen molar-refractivity contribution in [2.75, 3.05) is 37.7 Å². The third kappa shape index (κ3) is 4.74. The third-order valence-corrected chi connectivity index (χ3v) is 5.69. The van der Waals surface area contributed by atoms with E-state index in [0.29, 0.717) is 31.1 Å². The van der Waals surface area contributed by atoms with E-state index in [1.165, 1.54) is 11.8 Å². The minimum atomic E-state index is 0.557. The fourth-order valence-corrected chi connectivity index (χ4v) is 4.09. The van der Waals surface area contributed by atoms with Crippen LogP contribution in [0.3, 0.4) is 0 Å². The van der Waals surface area contributed by atoms with Gasteiger partial charge in [0.2, 0.25) is 0 Å². The maximum Gasteiger partial charge on any atom is 0.160 e. The normalized spacial score (nSPS) is 13.8. The first-order valence-electron chi connectivity index (χ1n) is 9.65. The molecule has 9 heteroatoms. The van der Waals surface area contributed by atoms with Gasteiger partial charge in [0.1, 0.15) is 0 Å². The van der Waals surface area contributed by atoms with Gasteiger partial charge in [-0.15, -0.1) is 5.10 Å². The highest BCUT2D eigenvalue weighted by molar-refractivity contribution is 7.99. The smallest absolute Gasteiger partial charge is 0.160 e. The molecule has 1 aliphatic rings. The standard InChI is InChI=1S/C21H21N7OS/c22-4-3-16-12-24-21(25-13-16)18-2-1-15(11-23)9-19(18)30-17-10-20(27-26-14-17)28-5-7-29-8-6-28/h1-2,9-10,12-14H,3-8,22H2. The quantitative estimate of drug-likeness (QED) is 0.642. The van der Waals surface area contributed by atoms with Crippen LogP contribution in [0.1, 0.15) is 11.1 Å². The van der Waals surface area contributed by atoms with Crippen molar-refractivity contribution in [1.29, 1.82) is 5.26 Å². The molecule has 30 heavy (non-hydrogen) atoms. The Kier molecular flexibility index (Phi) is 6.49. The first-order chi connectivity index (χ1) is 14.8. The van der Waals surface area contributed by atoms with Gasteiger partial charge in [0.05, 0.1) is 31.0 Å². The summed E-state index contributed by atoms with van der Waals surface area (Å²) in [7, 11) is 0. The molecule has 4 rings (SSSR count). The van der Waals surface area contributed by atoms with Crippen molar-refractivity contribution in [2.45, 2.75) is 16.2 Å². The van der Waals surface area contributed by atoms with Gasteiger partial charge in [-0.25, -0.2) is 9.97 Å². The number of nitrogens with two attached hydrogens (primary N) is 1. The molecular formula is C21H21N7OS. The van der Waals surface area contributed by atoms with Gasteiger partial charge in [-0.2, -0.15) is 10.4 Å². The lowest BCUT2D eigenvalue weighted by molar-refractivity contribution is 0.122. The van der Waals surface area contributed by atoms with Gasteiger partial charge in [0.15, 0.2) is 11.6 Å². The highest BCUT2D eigenvalue weighted by Crippen LogP contribution is 2.36. The zero-order valence-corrected chi connectivity index (χ0v) is 17.2. The molecule has 2 N–H and O–H groups in total. The van der Waals surface area contributed by atoms with Crippen molar-refractivity contribution in [1.82, 2.24) is 20.2 Å². The third-order valence-electron chi connectivity index (χ3n) is 4.67. The second-order valence-corrected chi connectivity index (χ2v) is 7.84. The predicted molar refractivity (Wildman–Crippen MR) is 114 cm³/mol. The summed E-state index contributed by atoms with van der Waals surface area (Å²) in [6.45, 7) is 3.51. The molecule has 0 atom stereocenters. The summed E-state index contributed by atoms with van der Waals surface area (Å²) in [4.78, 5) is 13.0. The van der Waals surface area contributed by atoms with E-state index >= 15 is 0 Å². The monoisotopic (exact) mass is 419 g/mol. The summed E-state index contributed by atoms with van der Waals surface area (Å²) in [6.07, 6.45) is 6.06. The van der Waals surface area contributed by atoms with E-state index in [2.05, 4.69) is 31.1 Å². The molecule has 1 saturated heterocycles. The topological polar surface area (TPSA) is 114 Å². The van der Waals surface area contributed by atoms with Crippen molar-refractivity contribution >= 4 is 17.6 Å². The molecule has 0 spiro atoms. The zero-order valence-electron chi connectivity index (χ0n) is 16.4. The Bertz CT molecular complexity index is 1050. The fourth-order valence-electron chi connectivity index (χ4n) is 3.12. The number of hydrogen-bond acceptors (Lipinski definition) is 9. The van der Waals surface area contributed by atoms with E-state index < -0.39 is 0 Å². The maximum atomic E-state index is 9.36. The van der Waals surface area contributed by atoms with Crippen molar-refractivity contribution < 1.29 is 4.74 Å². The number of anilines is 1. The molecule has 3 heterocycles. The molecule has 1 aromatic carbocycles. The number of aromatic nitrogens is 4. The van der Waals surface area contributed by atoms with Crippen LogP contribution in [0.15, 0.2) is 52.6 Å². The Balaban J connectivity index is 1.64. The van der Waals surface area contributed by atoms with Crippen LogP contribution in [0.25, 0.3) is 11.4 Å². The summed E-state index contributed by atoms with van der Waals surface area (Å²) in [5, 5.41) is 17.8. The van der Waals surface area contributed by atoms with Crippen LogP contribution in [-0.2, 0) is 11.2 Å². The Hall–Kier alpha value is -3.06. The highest BCUT2D eigenvalue weighted by atomic mass is 32.2. The molecule has 2 aromatic heterocycles. The van der Waals surface area contributed by atoms with Crippen molar-refractivity contribution in [2.24, 2.45) is 5.73 Å². The molecule has 0 amide bonds. The number of ether oxygens (including phenoxy) is 1. The Morgan fingerprint density at radius 3 is 2.67 bits per heavy atom. The first kappa shape index (κ1) is 20.2. The SMILES string of the molecule is N#Cc1ccc(-c2ncc(CCN)cn2)c(Sc2cnnc(N3CCOCC3)c2)c1. The number of hydrogen-bond donors (Lipinski definition) is 1. The lowest BCUT2D eigenvalue weighted by atomic mass is 10.1. The Morgan fingerprint density at radius 1 is 1.13 bits per heavy atom. The fraction of sp³-hybridized carbons (Fsp3) is 0.286. The number of rotatable bonds is 6. The molecule has 0 unspecified atom stereocenters. The molecule has 1 fully saturated rings. The summed E-state index contributed by atoms with van der Waals surface area (Å²) < 4.78 is 5.41. The van der Waals surface area contributed by atoms with Crippen LogP contribution in [0.4, 0.5) is 5.82 Å². The molecule has 3 aromatic rings. The minimum Gasteiger partial charge on any atom is -0.378 e. The number of nitriles is 1. The van der Waals surface area contributed by atoms with Gasteiger partial charge in [0.25, 0.3) is 0 Å². The van der Waals surface area contributed by atoms with Gasteiger partial charge in [-0.1, -0.05) is 11.8 Å². The highest BCUT2D eigenvalue weighted by Gasteiger charge is 2.15. The molecule has 1 aliphatic heterocycles. The molecule has 152 valence electrons. The molecule has 0 bridgehead atoms. The van der Waals surface area contributed by atoms with Crippen molar-refractivity contribution in [3.8, 4) is 17.5 Å². The zero-order chi connectivity index (χ0) is 20.8. The largest absolute Gasteiger partial charge is 0.378 e. The molecular weight excluding hydrogens is 398 g/mol. The van der Waals surface area contributed by atoms with Gasteiger partial charge in [-0.3, -0.25) is 0 Å². The lowest BCUT2D eigenvalue weighted by Crippen LogP contribution is -2.36. The average Bonchev–Trinajstić information content (AvgIpc) is 2.81. The van der Waals surface area contributed by atoms with Gasteiger partial charge >= 0.3 is 0 Å². The van der Waals surface area contributed by atoms with E-state index in [0.717, 1.165) is 46.2 Å². The number of nitrogens with zero attached hydrogens (tertiary/aromatic N) is 6. The van der Waals surface area contributed by atoms with E-state index in [-0.39, 0.29) is 0 Å². The summed E-state index contributed by atoms with van der Waals surface area (Å²) >= 11 is 1.52. The molecule has 0 radical (unpaired) electrons. The van der Waals surface area contributed by atoms with Crippen LogP contribution in [0, 0.1) is 11.3 Å². The summed E-state index contributed by atoms with van der Waals surface area (Å²) in [5.74, 6) is 1.43. The van der Waals surface area contributed by atoms with E-state index in [1.807, 2.05) is 18.2 Å². The van der Waals surface area contributed by atoms with E-state index in [4.69, 9.17) is 10.5 Å². The summed E-state index contributed by atoms with van der Waals surface area (Å²) in [6, 6.07) is 9.73. The van der Waals surface area contributed by atoms with Gasteiger partial charge < -0.3 is 15.4 Å².